The van der Waals surface area contributed by atoms with E-state index in [4.69, 9.17) is 0 Å². The molecule has 1 aromatic rings. The molecule has 1 unspecified atom stereocenters. The minimum Gasteiger partial charge on any atom is -0.316 e. The lowest BCUT2D eigenvalue weighted by molar-refractivity contribution is 0.0696. The number of nitrogens with zero attached hydrogens (tertiary/aromatic N) is 3. The number of ketones is 1. The average molecular weight is 250 g/mol. The Kier molecular flexibility index (Phi) is 3.80. The van der Waals surface area contributed by atoms with E-state index in [-0.39, 0.29) is 11.2 Å². The fourth-order valence-electron chi connectivity index (χ4n) is 2.65. The third-order valence-electron chi connectivity index (χ3n) is 4.05. The zero-order valence-electron chi connectivity index (χ0n) is 11.4. The van der Waals surface area contributed by atoms with Crippen molar-refractivity contribution in [2.75, 3.05) is 13.1 Å². The second-order valence-electron chi connectivity index (χ2n) is 5.53. The van der Waals surface area contributed by atoms with Crippen molar-refractivity contribution in [3.63, 3.8) is 0 Å². The first-order valence-corrected chi connectivity index (χ1v) is 6.71. The predicted octanol–water partition coefficient (Wildman–Crippen LogP) is 1.51. The minimum atomic E-state index is -0.359. The molecule has 1 aromatic heterocycles. The van der Waals surface area contributed by atoms with Crippen LogP contribution in [-0.2, 0) is 6.54 Å². The van der Waals surface area contributed by atoms with E-state index in [0.717, 1.165) is 25.9 Å². The van der Waals surface area contributed by atoms with Crippen LogP contribution < -0.4 is 5.32 Å². The summed E-state index contributed by atoms with van der Waals surface area (Å²) in [5.74, 6) is 0.544. The molecule has 0 aliphatic carbocycles. The number of rotatable bonds is 4. The summed E-state index contributed by atoms with van der Waals surface area (Å²) in [6, 6.07) is 0. The Morgan fingerprint density at radius 3 is 3.00 bits per heavy atom. The topological polar surface area (TPSA) is 59.8 Å². The smallest absolute Gasteiger partial charge is 0.188 e. The molecule has 0 aromatic carbocycles. The van der Waals surface area contributed by atoms with Crippen LogP contribution in [0.2, 0.25) is 0 Å². The molecular weight excluding hydrogens is 228 g/mol. The highest BCUT2D eigenvalue weighted by Gasteiger charge is 2.39. The van der Waals surface area contributed by atoms with Crippen molar-refractivity contribution >= 4 is 5.78 Å². The molecule has 100 valence electrons. The summed E-state index contributed by atoms with van der Waals surface area (Å²) >= 11 is 0. The van der Waals surface area contributed by atoms with Gasteiger partial charge < -0.3 is 5.32 Å². The lowest BCUT2D eigenvalue weighted by Gasteiger charge is -2.35. The molecule has 5 nitrogen and oxygen atoms in total. The van der Waals surface area contributed by atoms with Crippen molar-refractivity contribution in [1.29, 1.82) is 0 Å². The Balaban J connectivity index is 2.20. The van der Waals surface area contributed by atoms with E-state index in [1.807, 2.05) is 20.8 Å². The van der Waals surface area contributed by atoms with Crippen molar-refractivity contribution < 1.29 is 4.79 Å². The maximum absolute atomic E-state index is 12.7. The van der Waals surface area contributed by atoms with Crippen molar-refractivity contribution in [3.05, 3.63) is 11.9 Å². The number of carbonyl (C=O) groups excluding carboxylic acids is 1. The van der Waals surface area contributed by atoms with Gasteiger partial charge in [-0.3, -0.25) is 4.79 Å². The number of carbonyl (C=O) groups is 1. The highest BCUT2D eigenvalue weighted by Crippen LogP contribution is 2.34. The molecule has 0 bridgehead atoms. The molecule has 1 aliphatic rings. The van der Waals surface area contributed by atoms with Crippen LogP contribution in [-0.4, -0.2) is 33.9 Å². The molecule has 1 saturated heterocycles. The van der Waals surface area contributed by atoms with Crippen LogP contribution >= 0.6 is 0 Å². The molecule has 1 aliphatic heterocycles. The Labute approximate surface area is 108 Å². The van der Waals surface area contributed by atoms with E-state index in [9.17, 15) is 4.79 Å². The molecule has 0 amide bonds. The van der Waals surface area contributed by atoms with Crippen molar-refractivity contribution in [2.45, 2.75) is 40.2 Å². The second-order valence-corrected chi connectivity index (χ2v) is 5.53. The van der Waals surface area contributed by atoms with Gasteiger partial charge in [0.2, 0.25) is 0 Å². The molecule has 0 saturated carbocycles. The molecule has 1 fully saturated rings. The van der Waals surface area contributed by atoms with Gasteiger partial charge in [0.15, 0.2) is 5.78 Å². The van der Waals surface area contributed by atoms with Crippen molar-refractivity contribution in [2.24, 2.45) is 11.3 Å². The van der Waals surface area contributed by atoms with Gasteiger partial charge in [0.25, 0.3) is 0 Å². The summed E-state index contributed by atoms with van der Waals surface area (Å²) in [6.45, 7) is 8.72. The minimum absolute atomic E-state index is 0.156. The number of hydrogen-bond acceptors (Lipinski definition) is 4. The van der Waals surface area contributed by atoms with E-state index in [0.29, 0.717) is 18.2 Å². The highest BCUT2D eigenvalue weighted by atomic mass is 16.1. The number of aromatic nitrogens is 3. The normalized spacial score (nSPS) is 20.9. The Bertz CT molecular complexity index is 418. The van der Waals surface area contributed by atoms with E-state index in [1.165, 1.54) is 0 Å². The third-order valence-corrected chi connectivity index (χ3v) is 4.05. The van der Waals surface area contributed by atoms with Crippen LogP contribution in [0.25, 0.3) is 0 Å². The second kappa shape index (κ2) is 5.18. The predicted molar refractivity (Wildman–Crippen MR) is 69.4 cm³/mol. The summed E-state index contributed by atoms with van der Waals surface area (Å²) in [5.41, 5.74) is 0.273. The van der Waals surface area contributed by atoms with Crippen LogP contribution in [0.4, 0.5) is 0 Å². The van der Waals surface area contributed by atoms with Crippen LogP contribution in [0.15, 0.2) is 6.20 Å². The standard InChI is InChI=1S/C13H22N4O/c1-4-17-11(9-15-16-17)12(18)13(2,3)10-6-5-7-14-8-10/h9-10,14H,4-8H2,1-3H3. The van der Waals surface area contributed by atoms with Gasteiger partial charge in [-0.1, -0.05) is 19.1 Å². The lowest BCUT2D eigenvalue weighted by atomic mass is 9.71. The number of nitrogens with one attached hydrogen (secondary N) is 1. The molecule has 5 heteroatoms. The number of hydrogen-bond donors (Lipinski definition) is 1. The van der Waals surface area contributed by atoms with Gasteiger partial charge in [-0.15, -0.1) is 5.10 Å². The molecule has 1 atom stereocenters. The summed E-state index contributed by atoms with van der Waals surface area (Å²) in [6.07, 6.45) is 3.84. The third kappa shape index (κ3) is 2.32. The molecule has 0 radical (unpaired) electrons. The number of piperidine rings is 1. The van der Waals surface area contributed by atoms with Gasteiger partial charge >= 0.3 is 0 Å². The average Bonchev–Trinajstić information content (AvgIpc) is 2.87. The Hall–Kier alpha value is -1.23. The fourth-order valence-corrected chi connectivity index (χ4v) is 2.65. The highest BCUT2D eigenvalue weighted by molar-refractivity contribution is 5.98. The molecule has 2 rings (SSSR count). The zero-order valence-corrected chi connectivity index (χ0v) is 11.4. The van der Waals surface area contributed by atoms with Crippen molar-refractivity contribution in [1.82, 2.24) is 20.3 Å². The lowest BCUT2D eigenvalue weighted by Crippen LogP contribution is -2.43. The molecule has 0 spiro atoms. The van der Waals surface area contributed by atoms with Gasteiger partial charge in [0.1, 0.15) is 5.69 Å². The summed E-state index contributed by atoms with van der Waals surface area (Å²) in [7, 11) is 0. The van der Waals surface area contributed by atoms with Crippen LogP contribution in [0, 0.1) is 11.3 Å². The van der Waals surface area contributed by atoms with E-state index in [2.05, 4.69) is 15.6 Å². The first-order chi connectivity index (χ1) is 8.57. The van der Waals surface area contributed by atoms with Gasteiger partial charge in [-0.2, -0.15) is 0 Å². The van der Waals surface area contributed by atoms with Crippen molar-refractivity contribution in [3.8, 4) is 0 Å². The van der Waals surface area contributed by atoms with Crippen LogP contribution in [0.3, 0.4) is 0 Å². The van der Waals surface area contributed by atoms with E-state index in [1.54, 1.807) is 10.9 Å². The summed E-state index contributed by atoms with van der Waals surface area (Å²) in [5, 5.41) is 11.2. The van der Waals surface area contributed by atoms with Crippen LogP contribution in [0.1, 0.15) is 44.1 Å². The van der Waals surface area contributed by atoms with Crippen LogP contribution in [0.5, 0.6) is 0 Å². The summed E-state index contributed by atoms with van der Waals surface area (Å²) < 4.78 is 1.68. The fraction of sp³-hybridized carbons (Fsp3) is 0.769. The number of aryl methyl sites for hydroxylation is 1. The van der Waals surface area contributed by atoms with E-state index < -0.39 is 0 Å². The molecule has 18 heavy (non-hydrogen) atoms. The van der Waals surface area contributed by atoms with E-state index >= 15 is 0 Å². The van der Waals surface area contributed by atoms with Gasteiger partial charge in [-0.05, 0) is 38.8 Å². The largest absolute Gasteiger partial charge is 0.316 e. The SMILES string of the molecule is CCn1nncc1C(=O)C(C)(C)C1CCCNC1. The maximum atomic E-state index is 12.7. The quantitative estimate of drug-likeness (QED) is 0.823. The molecule has 1 N–H and O–H groups in total. The van der Waals surface area contributed by atoms with Gasteiger partial charge in [0, 0.05) is 12.0 Å². The molecule has 2 heterocycles. The summed E-state index contributed by atoms with van der Waals surface area (Å²) in [4.78, 5) is 12.7. The van der Waals surface area contributed by atoms with Gasteiger partial charge in [-0.25, -0.2) is 4.68 Å². The molecular formula is C13H22N4O. The zero-order chi connectivity index (χ0) is 13.2. The maximum Gasteiger partial charge on any atom is 0.188 e. The first-order valence-electron chi connectivity index (χ1n) is 6.71. The monoisotopic (exact) mass is 250 g/mol. The first kappa shape index (κ1) is 13.2. The number of Topliss-reactive ketones (excluding diaryl/α,β-unsaturated/α-hetero) is 1. The Morgan fingerprint density at radius 1 is 1.61 bits per heavy atom. The Morgan fingerprint density at radius 2 is 2.39 bits per heavy atom. The van der Waals surface area contributed by atoms with Gasteiger partial charge in [0.05, 0.1) is 6.20 Å².